The van der Waals surface area contributed by atoms with Crippen molar-refractivity contribution in [3.05, 3.63) is 65.7 Å². The van der Waals surface area contributed by atoms with Gasteiger partial charge >= 0.3 is 6.03 Å². The molecule has 0 spiro atoms. The highest BCUT2D eigenvalue weighted by Gasteiger charge is 2.21. The zero-order chi connectivity index (χ0) is 17.1. The van der Waals surface area contributed by atoms with Gasteiger partial charge in [0.05, 0.1) is 0 Å². The van der Waals surface area contributed by atoms with Gasteiger partial charge in [-0.15, -0.1) is 0 Å². The molecule has 2 heterocycles. The lowest BCUT2D eigenvalue weighted by Crippen LogP contribution is -2.34. The van der Waals surface area contributed by atoms with Crippen molar-refractivity contribution in [2.75, 3.05) is 5.32 Å². The number of hydrogen-bond acceptors (Lipinski definition) is 4. The molecule has 3 aromatic rings. The number of aryl methyl sites for hydroxylation is 2. The van der Waals surface area contributed by atoms with Crippen molar-refractivity contribution in [2.45, 2.75) is 13.0 Å². The summed E-state index contributed by atoms with van der Waals surface area (Å²) >= 11 is 0. The first-order valence-electron chi connectivity index (χ1n) is 7.26. The van der Waals surface area contributed by atoms with Crippen LogP contribution in [0, 0.1) is 12.7 Å². The Morgan fingerprint density at radius 3 is 2.83 bits per heavy atom. The normalized spacial score (nSPS) is 12.0. The van der Waals surface area contributed by atoms with Crippen molar-refractivity contribution in [2.24, 2.45) is 7.05 Å². The second-order valence-electron chi connectivity index (χ2n) is 5.31. The summed E-state index contributed by atoms with van der Waals surface area (Å²) < 4.78 is 20.2. The van der Waals surface area contributed by atoms with E-state index in [9.17, 15) is 9.18 Å². The summed E-state index contributed by atoms with van der Waals surface area (Å²) in [7, 11) is 1.80. The van der Waals surface area contributed by atoms with Crippen molar-refractivity contribution in [3.8, 4) is 0 Å². The number of nitrogens with one attached hydrogen (secondary N) is 2. The fourth-order valence-corrected chi connectivity index (χ4v) is 2.35. The van der Waals surface area contributed by atoms with Gasteiger partial charge in [-0.25, -0.2) is 14.2 Å². The highest BCUT2D eigenvalue weighted by Crippen LogP contribution is 2.21. The van der Waals surface area contributed by atoms with Crippen LogP contribution in [0.1, 0.15) is 23.2 Å². The maximum Gasteiger partial charge on any atom is 0.321 e. The number of aromatic nitrogens is 3. The Bertz CT molecular complexity index is 858. The molecule has 0 aliphatic carbocycles. The number of anilines is 1. The molecule has 0 aliphatic rings. The molecule has 2 aromatic heterocycles. The van der Waals surface area contributed by atoms with Crippen LogP contribution in [0.25, 0.3) is 0 Å². The van der Waals surface area contributed by atoms with Crippen molar-refractivity contribution in [1.29, 1.82) is 0 Å². The van der Waals surface area contributed by atoms with Gasteiger partial charge in [0.15, 0.2) is 5.82 Å². The Morgan fingerprint density at radius 2 is 2.21 bits per heavy atom. The largest absolute Gasteiger partial charge is 0.360 e. The van der Waals surface area contributed by atoms with Gasteiger partial charge in [0, 0.05) is 25.5 Å². The maximum absolute atomic E-state index is 13.6. The molecule has 7 nitrogen and oxygen atoms in total. The molecule has 0 radical (unpaired) electrons. The van der Waals surface area contributed by atoms with E-state index in [1.165, 1.54) is 12.1 Å². The lowest BCUT2D eigenvalue weighted by molar-refractivity contribution is 0.249. The summed E-state index contributed by atoms with van der Waals surface area (Å²) in [6.07, 6.45) is 3.37. The minimum atomic E-state index is -0.617. The molecule has 0 saturated heterocycles. The molecule has 3 rings (SSSR count). The van der Waals surface area contributed by atoms with Crippen LogP contribution in [0.4, 0.5) is 15.0 Å². The van der Waals surface area contributed by atoms with Gasteiger partial charge in [0.2, 0.25) is 0 Å². The zero-order valence-electron chi connectivity index (χ0n) is 13.2. The molecule has 1 aromatic carbocycles. The molecule has 0 saturated carbocycles. The van der Waals surface area contributed by atoms with Crippen molar-refractivity contribution >= 4 is 11.8 Å². The molecular formula is C16H16FN5O2. The number of carbonyl (C=O) groups is 1. The predicted molar refractivity (Wildman–Crippen MR) is 84.8 cm³/mol. The van der Waals surface area contributed by atoms with E-state index < -0.39 is 12.1 Å². The first-order chi connectivity index (χ1) is 11.5. The Balaban J connectivity index is 1.85. The zero-order valence-corrected chi connectivity index (χ0v) is 13.2. The number of hydrogen-bond donors (Lipinski definition) is 2. The molecule has 0 fully saturated rings. The van der Waals surface area contributed by atoms with Crippen molar-refractivity contribution in [3.63, 3.8) is 0 Å². The molecule has 8 heteroatoms. The summed E-state index contributed by atoms with van der Waals surface area (Å²) in [4.78, 5) is 16.5. The highest BCUT2D eigenvalue weighted by atomic mass is 19.1. The van der Waals surface area contributed by atoms with Crippen LogP contribution >= 0.6 is 0 Å². The average Bonchev–Trinajstić information content (AvgIpc) is 3.13. The molecule has 24 heavy (non-hydrogen) atoms. The lowest BCUT2D eigenvalue weighted by atomic mass is 10.1. The minimum absolute atomic E-state index is 0.294. The summed E-state index contributed by atoms with van der Waals surface area (Å²) in [5.74, 6) is 1.06. The number of benzene rings is 1. The SMILES string of the molecule is Cc1cc(NC(=O)N[C@@H](c2cccc(F)c2)c2nccn2C)no1. The Morgan fingerprint density at radius 1 is 1.38 bits per heavy atom. The lowest BCUT2D eigenvalue weighted by Gasteiger charge is -2.19. The number of rotatable bonds is 4. The minimum Gasteiger partial charge on any atom is -0.360 e. The number of amides is 2. The summed E-state index contributed by atoms with van der Waals surface area (Å²) in [5, 5.41) is 9.06. The van der Waals surface area contributed by atoms with Gasteiger partial charge in [-0.1, -0.05) is 17.3 Å². The van der Waals surface area contributed by atoms with Gasteiger partial charge in [-0.3, -0.25) is 5.32 Å². The third-order valence-corrected chi connectivity index (χ3v) is 3.44. The van der Waals surface area contributed by atoms with Crippen LogP contribution < -0.4 is 10.6 Å². The van der Waals surface area contributed by atoms with E-state index in [1.807, 2.05) is 0 Å². The van der Waals surface area contributed by atoms with E-state index in [1.54, 1.807) is 49.1 Å². The highest BCUT2D eigenvalue weighted by molar-refractivity contribution is 5.88. The Kier molecular flexibility index (Phi) is 4.28. The van der Waals surface area contributed by atoms with Crippen LogP contribution in [0.2, 0.25) is 0 Å². The summed E-state index contributed by atoms with van der Waals surface area (Å²) in [6, 6.07) is 6.49. The topological polar surface area (TPSA) is 85.0 Å². The van der Waals surface area contributed by atoms with Gasteiger partial charge in [-0.05, 0) is 24.6 Å². The maximum atomic E-state index is 13.6. The average molecular weight is 329 g/mol. The Hall–Kier alpha value is -3.16. The fraction of sp³-hybridized carbons (Fsp3) is 0.188. The third kappa shape index (κ3) is 3.43. The van der Waals surface area contributed by atoms with E-state index in [0.29, 0.717) is 23.0 Å². The van der Waals surface area contributed by atoms with E-state index in [4.69, 9.17) is 4.52 Å². The number of carbonyl (C=O) groups excluding carboxylic acids is 1. The predicted octanol–water partition coefficient (Wildman–Crippen LogP) is 2.77. The Labute approximate surface area is 137 Å². The standard InChI is InChI=1S/C16H16FN5O2/c1-10-8-13(21-24-10)19-16(23)20-14(15-18-6-7-22(15)2)11-4-3-5-12(17)9-11/h3-9,14H,1-2H3,(H2,19,20,21,23)/t14-/m0/s1. The first-order valence-corrected chi connectivity index (χ1v) is 7.26. The number of urea groups is 1. The second-order valence-corrected chi connectivity index (χ2v) is 5.31. The molecule has 0 aliphatic heterocycles. The van der Waals surface area contributed by atoms with Crippen molar-refractivity contribution < 1.29 is 13.7 Å². The molecule has 0 bridgehead atoms. The van der Waals surface area contributed by atoms with Crippen LogP contribution in [0.5, 0.6) is 0 Å². The van der Waals surface area contributed by atoms with E-state index in [-0.39, 0.29) is 5.82 Å². The van der Waals surface area contributed by atoms with E-state index in [2.05, 4.69) is 20.8 Å². The van der Waals surface area contributed by atoms with Crippen molar-refractivity contribution in [1.82, 2.24) is 20.0 Å². The number of halogens is 1. The summed E-state index contributed by atoms with van der Waals surface area (Å²) in [5.41, 5.74) is 0.579. The van der Waals surface area contributed by atoms with Gasteiger partial charge in [0.25, 0.3) is 0 Å². The van der Waals surface area contributed by atoms with Crippen LogP contribution in [-0.4, -0.2) is 20.7 Å². The molecule has 2 amide bonds. The molecule has 1 atom stereocenters. The van der Waals surface area contributed by atoms with Crippen LogP contribution in [0.15, 0.2) is 47.2 Å². The smallest absolute Gasteiger partial charge is 0.321 e. The molecule has 2 N–H and O–H groups in total. The van der Waals surface area contributed by atoms with Gasteiger partial charge < -0.3 is 14.4 Å². The number of imidazole rings is 1. The monoisotopic (exact) mass is 329 g/mol. The fourth-order valence-electron chi connectivity index (χ4n) is 2.35. The van der Waals surface area contributed by atoms with E-state index in [0.717, 1.165) is 0 Å². The quantitative estimate of drug-likeness (QED) is 0.771. The van der Waals surface area contributed by atoms with Gasteiger partial charge in [-0.2, -0.15) is 0 Å². The van der Waals surface area contributed by atoms with Crippen LogP contribution in [0.3, 0.4) is 0 Å². The molecule has 0 unspecified atom stereocenters. The molecular weight excluding hydrogens is 313 g/mol. The molecule has 124 valence electrons. The third-order valence-electron chi connectivity index (χ3n) is 3.44. The summed E-state index contributed by atoms with van der Waals surface area (Å²) in [6.45, 7) is 1.72. The first kappa shape index (κ1) is 15.7. The van der Waals surface area contributed by atoms with Gasteiger partial charge in [0.1, 0.15) is 23.4 Å². The van der Waals surface area contributed by atoms with Crippen LogP contribution in [-0.2, 0) is 7.05 Å². The number of nitrogens with zero attached hydrogens (tertiary/aromatic N) is 3. The van der Waals surface area contributed by atoms with E-state index >= 15 is 0 Å². The second kappa shape index (κ2) is 6.53.